The fourth-order valence-electron chi connectivity index (χ4n) is 2.13. The molecule has 0 spiro atoms. The lowest BCUT2D eigenvalue weighted by atomic mass is 10.1. The van der Waals surface area contributed by atoms with E-state index in [-0.39, 0.29) is 6.10 Å². The Balaban J connectivity index is 1.97. The minimum Gasteiger partial charge on any atom is -0.375 e. The number of methoxy groups -OCH3 is 1. The van der Waals surface area contributed by atoms with Crippen molar-refractivity contribution in [3.63, 3.8) is 0 Å². The van der Waals surface area contributed by atoms with Gasteiger partial charge in [-0.25, -0.2) is 4.99 Å². The molecule has 0 saturated carbocycles. The summed E-state index contributed by atoms with van der Waals surface area (Å²) in [4.78, 5) is 4.59. The van der Waals surface area contributed by atoms with Gasteiger partial charge in [0.2, 0.25) is 0 Å². The third-order valence-corrected chi connectivity index (χ3v) is 4.27. The topological polar surface area (TPSA) is 45.7 Å². The zero-order valence-corrected chi connectivity index (χ0v) is 15.0. The second-order valence-electron chi connectivity index (χ2n) is 4.99. The van der Waals surface area contributed by atoms with Gasteiger partial charge in [-0.3, -0.25) is 0 Å². The van der Waals surface area contributed by atoms with Crippen molar-refractivity contribution < 1.29 is 4.74 Å². The van der Waals surface area contributed by atoms with E-state index in [9.17, 15) is 0 Å². The van der Waals surface area contributed by atoms with E-state index in [0.29, 0.717) is 18.1 Å². The van der Waals surface area contributed by atoms with Crippen LogP contribution in [-0.4, -0.2) is 26.2 Å². The first kappa shape index (κ1) is 17.8. The Bertz CT molecular complexity index is 616. The van der Waals surface area contributed by atoms with E-state index in [1.807, 2.05) is 31.2 Å². The van der Waals surface area contributed by atoms with Gasteiger partial charge in [0.15, 0.2) is 5.96 Å². The van der Waals surface area contributed by atoms with Crippen LogP contribution in [0.3, 0.4) is 0 Å². The number of aliphatic imine (C=N–C) groups is 1. The molecule has 0 fully saturated rings. The molecule has 4 nitrogen and oxygen atoms in total. The highest BCUT2D eigenvalue weighted by Gasteiger charge is 2.11. The number of ether oxygens (including phenoxy) is 1. The number of halogens is 1. The van der Waals surface area contributed by atoms with Crippen molar-refractivity contribution in [2.75, 3.05) is 20.2 Å². The van der Waals surface area contributed by atoms with Gasteiger partial charge in [0, 0.05) is 25.2 Å². The highest BCUT2D eigenvalue weighted by molar-refractivity contribution is 7.07. The van der Waals surface area contributed by atoms with Gasteiger partial charge in [0.1, 0.15) is 0 Å². The zero-order chi connectivity index (χ0) is 16.5. The van der Waals surface area contributed by atoms with Crippen LogP contribution in [0.25, 0.3) is 0 Å². The lowest BCUT2D eigenvalue weighted by Crippen LogP contribution is -2.39. The molecule has 1 aromatic heterocycles. The van der Waals surface area contributed by atoms with Gasteiger partial charge >= 0.3 is 0 Å². The summed E-state index contributed by atoms with van der Waals surface area (Å²) in [7, 11) is 1.70. The average molecular weight is 352 g/mol. The predicted octanol–water partition coefficient (Wildman–Crippen LogP) is 3.84. The predicted molar refractivity (Wildman–Crippen MR) is 98.3 cm³/mol. The maximum atomic E-state index is 6.05. The van der Waals surface area contributed by atoms with Gasteiger partial charge in [-0.05, 0) is 47.0 Å². The van der Waals surface area contributed by atoms with Gasteiger partial charge in [0.25, 0.3) is 0 Å². The molecule has 2 aromatic rings. The van der Waals surface area contributed by atoms with E-state index in [4.69, 9.17) is 16.3 Å². The smallest absolute Gasteiger partial charge is 0.191 e. The molecule has 124 valence electrons. The highest BCUT2D eigenvalue weighted by Crippen LogP contribution is 2.19. The maximum absolute atomic E-state index is 6.05. The molecule has 2 rings (SSSR count). The minimum absolute atomic E-state index is 0.0845. The molecule has 2 N–H and O–H groups in total. The Hall–Kier alpha value is -1.56. The van der Waals surface area contributed by atoms with Crippen LogP contribution in [0.4, 0.5) is 0 Å². The van der Waals surface area contributed by atoms with E-state index in [2.05, 4.69) is 32.5 Å². The van der Waals surface area contributed by atoms with Crippen LogP contribution in [0.5, 0.6) is 0 Å². The van der Waals surface area contributed by atoms with Gasteiger partial charge < -0.3 is 15.4 Å². The molecule has 0 radical (unpaired) electrons. The van der Waals surface area contributed by atoms with Crippen LogP contribution < -0.4 is 10.6 Å². The van der Waals surface area contributed by atoms with Crippen molar-refractivity contribution in [2.24, 2.45) is 4.99 Å². The summed E-state index contributed by atoms with van der Waals surface area (Å²) in [5.41, 5.74) is 2.26. The van der Waals surface area contributed by atoms with E-state index in [1.54, 1.807) is 18.4 Å². The molecule has 1 heterocycles. The van der Waals surface area contributed by atoms with Crippen LogP contribution in [0.1, 0.15) is 24.2 Å². The normalized spacial score (nSPS) is 12.9. The number of nitrogens with zero attached hydrogens (tertiary/aromatic N) is 1. The monoisotopic (exact) mass is 351 g/mol. The van der Waals surface area contributed by atoms with Crippen LogP contribution in [0.2, 0.25) is 5.02 Å². The van der Waals surface area contributed by atoms with Crippen molar-refractivity contribution in [2.45, 2.75) is 19.6 Å². The third-order valence-electron chi connectivity index (χ3n) is 3.30. The molecule has 1 aromatic carbocycles. The average Bonchev–Trinajstić information content (AvgIpc) is 3.06. The number of rotatable bonds is 7. The number of hydrogen-bond donors (Lipinski definition) is 2. The largest absolute Gasteiger partial charge is 0.375 e. The van der Waals surface area contributed by atoms with Crippen LogP contribution in [0.15, 0.2) is 46.1 Å². The summed E-state index contributed by atoms with van der Waals surface area (Å²) in [6.45, 7) is 4.14. The molecule has 23 heavy (non-hydrogen) atoms. The number of nitrogens with one attached hydrogen (secondary N) is 2. The van der Waals surface area contributed by atoms with Crippen LogP contribution >= 0.6 is 22.9 Å². The summed E-state index contributed by atoms with van der Waals surface area (Å²) in [6, 6.07) is 9.81. The first-order valence-corrected chi connectivity index (χ1v) is 8.86. The Morgan fingerprint density at radius 1 is 1.35 bits per heavy atom. The number of benzene rings is 1. The summed E-state index contributed by atoms with van der Waals surface area (Å²) in [5, 5.41) is 11.5. The summed E-state index contributed by atoms with van der Waals surface area (Å²) < 4.78 is 5.57. The Kier molecular flexibility index (Phi) is 7.39. The van der Waals surface area contributed by atoms with E-state index in [0.717, 1.165) is 18.1 Å². The molecule has 0 aliphatic heterocycles. The van der Waals surface area contributed by atoms with Gasteiger partial charge in [-0.15, -0.1) is 0 Å². The van der Waals surface area contributed by atoms with E-state index < -0.39 is 0 Å². The molecule has 0 saturated heterocycles. The van der Waals surface area contributed by atoms with Crippen LogP contribution in [0, 0.1) is 0 Å². The van der Waals surface area contributed by atoms with Crippen molar-refractivity contribution in [1.82, 2.24) is 10.6 Å². The Labute approximate surface area is 146 Å². The van der Waals surface area contributed by atoms with Crippen molar-refractivity contribution in [3.05, 3.63) is 57.2 Å². The van der Waals surface area contributed by atoms with E-state index >= 15 is 0 Å². The lowest BCUT2D eigenvalue weighted by molar-refractivity contribution is 0.106. The number of hydrogen-bond acceptors (Lipinski definition) is 3. The summed E-state index contributed by atoms with van der Waals surface area (Å²) in [6.07, 6.45) is -0.0845. The second-order valence-corrected chi connectivity index (χ2v) is 6.20. The number of guanidine groups is 1. The molecule has 6 heteroatoms. The summed E-state index contributed by atoms with van der Waals surface area (Å²) >= 11 is 7.74. The molecule has 1 unspecified atom stereocenters. The number of thiophene rings is 1. The van der Waals surface area contributed by atoms with Gasteiger partial charge in [-0.1, -0.05) is 23.7 Å². The van der Waals surface area contributed by atoms with E-state index in [1.165, 1.54) is 5.56 Å². The van der Waals surface area contributed by atoms with Crippen molar-refractivity contribution in [3.8, 4) is 0 Å². The SMILES string of the molecule is CCNC(=NCc1ccsc1)NCC(OC)c1cccc(Cl)c1. The van der Waals surface area contributed by atoms with Crippen molar-refractivity contribution in [1.29, 1.82) is 0 Å². The Morgan fingerprint density at radius 3 is 2.87 bits per heavy atom. The maximum Gasteiger partial charge on any atom is 0.191 e. The van der Waals surface area contributed by atoms with Gasteiger partial charge in [-0.2, -0.15) is 11.3 Å². The molecule has 0 amide bonds. The highest BCUT2D eigenvalue weighted by atomic mass is 35.5. The minimum atomic E-state index is -0.0845. The second kappa shape index (κ2) is 9.55. The Morgan fingerprint density at radius 2 is 2.22 bits per heavy atom. The standard InChI is InChI=1S/C17H22ClN3OS/c1-3-19-17(20-10-13-7-8-23-12-13)21-11-16(22-2)14-5-4-6-15(18)9-14/h4-9,12,16H,3,10-11H2,1-2H3,(H2,19,20,21). The fourth-order valence-corrected chi connectivity index (χ4v) is 2.99. The first-order chi connectivity index (χ1) is 11.2. The molecule has 0 aliphatic carbocycles. The fraction of sp³-hybridized carbons (Fsp3) is 0.353. The lowest BCUT2D eigenvalue weighted by Gasteiger charge is -2.19. The molecule has 0 aliphatic rings. The molecule has 0 bridgehead atoms. The van der Waals surface area contributed by atoms with Crippen LogP contribution in [-0.2, 0) is 11.3 Å². The zero-order valence-electron chi connectivity index (χ0n) is 13.4. The molecular formula is C17H22ClN3OS. The summed E-state index contributed by atoms with van der Waals surface area (Å²) in [5.74, 6) is 0.780. The third kappa shape index (κ3) is 5.86. The van der Waals surface area contributed by atoms with Crippen molar-refractivity contribution >= 4 is 28.9 Å². The molecular weight excluding hydrogens is 330 g/mol. The first-order valence-electron chi connectivity index (χ1n) is 7.54. The molecule has 1 atom stereocenters. The quantitative estimate of drug-likeness (QED) is 0.588. The van der Waals surface area contributed by atoms with Gasteiger partial charge in [0.05, 0.1) is 12.6 Å².